The maximum Gasteiger partial charge on any atom is 0.410 e. The number of carboxylic acid groups (broad SMARTS) is 1. The van der Waals surface area contributed by atoms with Gasteiger partial charge in [0.2, 0.25) is 5.88 Å². The summed E-state index contributed by atoms with van der Waals surface area (Å²) < 4.78 is 16.5. The summed E-state index contributed by atoms with van der Waals surface area (Å²) in [6.07, 6.45) is -0.770. The van der Waals surface area contributed by atoms with Gasteiger partial charge in [0, 0.05) is 43.6 Å². The zero-order valence-electron chi connectivity index (χ0n) is 23.1. The third-order valence-electron chi connectivity index (χ3n) is 6.86. The molecular formula is C28H35N5O8. The van der Waals surface area contributed by atoms with Gasteiger partial charge in [-0.1, -0.05) is 30.3 Å². The van der Waals surface area contributed by atoms with E-state index < -0.39 is 41.9 Å². The van der Waals surface area contributed by atoms with Crippen LogP contribution in [-0.2, 0) is 19.1 Å². The van der Waals surface area contributed by atoms with Crippen molar-refractivity contribution in [1.29, 1.82) is 0 Å². The van der Waals surface area contributed by atoms with Crippen LogP contribution in [0.4, 0.5) is 4.79 Å². The number of aromatic nitrogens is 2. The number of nitrogens with zero attached hydrogens (tertiary/aromatic N) is 3. The molecule has 0 bridgehead atoms. The second-order valence-corrected chi connectivity index (χ2v) is 9.83. The summed E-state index contributed by atoms with van der Waals surface area (Å²) in [5.41, 5.74) is 0.596. The van der Waals surface area contributed by atoms with Gasteiger partial charge in [0.15, 0.2) is 11.6 Å². The molecule has 2 saturated heterocycles. The number of benzene rings is 1. The van der Waals surface area contributed by atoms with E-state index in [1.54, 1.807) is 26.0 Å². The van der Waals surface area contributed by atoms with Crippen LogP contribution in [-0.4, -0.2) is 101 Å². The lowest BCUT2D eigenvalue weighted by Crippen LogP contribution is -2.64. The molecule has 2 aliphatic heterocycles. The number of carbonyl (C=O) groups is 4. The number of carbonyl (C=O) groups excluding carboxylic acids is 3. The highest BCUT2D eigenvalue weighted by atomic mass is 16.6. The first-order valence-electron chi connectivity index (χ1n) is 13.7. The van der Waals surface area contributed by atoms with Crippen molar-refractivity contribution in [3.63, 3.8) is 0 Å². The monoisotopic (exact) mass is 569 g/mol. The summed E-state index contributed by atoms with van der Waals surface area (Å²) >= 11 is 0. The van der Waals surface area contributed by atoms with Gasteiger partial charge in [-0.15, -0.1) is 0 Å². The highest BCUT2D eigenvalue weighted by molar-refractivity contribution is 5.99. The van der Waals surface area contributed by atoms with E-state index >= 15 is 0 Å². The number of ether oxygens (including phenoxy) is 3. The molecule has 0 radical (unpaired) electrons. The molecule has 13 heteroatoms. The molecule has 4 rings (SSSR count). The zero-order valence-corrected chi connectivity index (χ0v) is 23.1. The van der Waals surface area contributed by atoms with E-state index in [9.17, 15) is 24.3 Å². The molecule has 2 aromatic rings. The van der Waals surface area contributed by atoms with Crippen LogP contribution >= 0.6 is 0 Å². The Balaban J connectivity index is 1.62. The van der Waals surface area contributed by atoms with Gasteiger partial charge in [-0.05, 0) is 20.3 Å². The molecule has 2 fully saturated rings. The number of Topliss-reactive ketones (excluding diaryl/α,β-unsaturated/α-hetero) is 1. The number of piperazine rings is 1. The highest BCUT2D eigenvalue weighted by Gasteiger charge is 2.41. The molecule has 1 aromatic heterocycles. The van der Waals surface area contributed by atoms with Crippen LogP contribution < -0.4 is 15.4 Å². The van der Waals surface area contributed by atoms with Gasteiger partial charge in [0.1, 0.15) is 17.8 Å². The van der Waals surface area contributed by atoms with Crippen molar-refractivity contribution in [2.75, 3.05) is 32.9 Å². The first-order chi connectivity index (χ1) is 19.8. The molecule has 41 heavy (non-hydrogen) atoms. The van der Waals surface area contributed by atoms with Crippen molar-refractivity contribution < 1.29 is 38.5 Å². The van der Waals surface area contributed by atoms with Gasteiger partial charge in [-0.25, -0.2) is 9.78 Å². The molecule has 220 valence electrons. The Hall–Kier alpha value is -4.10. The van der Waals surface area contributed by atoms with Crippen molar-refractivity contribution >= 4 is 23.8 Å². The minimum Gasteiger partial charge on any atom is -0.481 e. The predicted molar refractivity (Wildman–Crippen MR) is 145 cm³/mol. The van der Waals surface area contributed by atoms with Crippen LogP contribution in [0.2, 0.25) is 0 Å². The van der Waals surface area contributed by atoms with Crippen molar-refractivity contribution in [2.45, 2.75) is 57.3 Å². The van der Waals surface area contributed by atoms with E-state index in [2.05, 4.69) is 20.6 Å². The van der Waals surface area contributed by atoms with Crippen molar-refractivity contribution in [1.82, 2.24) is 25.5 Å². The topological polar surface area (TPSA) is 169 Å². The molecule has 1 aromatic carbocycles. The van der Waals surface area contributed by atoms with Crippen molar-refractivity contribution in [2.24, 2.45) is 0 Å². The van der Waals surface area contributed by atoms with Crippen molar-refractivity contribution in [3.8, 4) is 17.3 Å². The van der Waals surface area contributed by atoms with E-state index in [4.69, 9.17) is 14.2 Å². The predicted octanol–water partition coefficient (Wildman–Crippen LogP) is 1.66. The summed E-state index contributed by atoms with van der Waals surface area (Å²) in [4.78, 5) is 61.7. The van der Waals surface area contributed by atoms with Gasteiger partial charge in [0.25, 0.3) is 5.91 Å². The highest BCUT2D eigenvalue weighted by Crippen LogP contribution is 2.22. The molecule has 13 nitrogen and oxygen atoms in total. The quantitative estimate of drug-likeness (QED) is 0.360. The normalized spacial score (nSPS) is 21.1. The molecule has 4 atom stereocenters. The Morgan fingerprint density at radius 3 is 2.68 bits per heavy atom. The molecule has 0 saturated carbocycles. The number of nitrogens with one attached hydrogen (secondary N) is 2. The minimum absolute atomic E-state index is 0.0574. The van der Waals surface area contributed by atoms with Crippen LogP contribution in [0.5, 0.6) is 5.88 Å². The Kier molecular flexibility index (Phi) is 10.2. The average Bonchev–Trinajstić information content (AvgIpc) is 3.48. The molecule has 3 unspecified atom stereocenters. The summed E-state index contributed by atoms with van der Waals surface area (Å²) in [6, 6.07) is 7.78. The Morgan fingerprint density at radius 1 is 1.22 bits per heavy atom. The van der Waals surface area contributed by atoms with Crippen LogP contribution in [0, 0.1) is 0 Å². The van der Waals surface area contributed by atoms with Crippen LogP contribution in [0.25, 0.3) is 11.4 Å². The lowest BCUT2D eigenvalue weighted by molar-refractivity contribution is -0.137. The first-order valence-corrected chi connectivity index (χ1v) is 13.7. The minimum atomic E-state index is -1.22. The van der Waals surface area contributed by atoms with Crippen LogP contribution in [0.1, 0.15) is 43.6 Å². The maximum absolute atomic E-state index is 13.8. The third kappa shape index (κ3) is 7.76. The van der Waals surface area contributed by atoms with Crippen LogP contribution in [0.15, 0.2) is 36.4 Å². The largest absolute Gasteiger partial charge is 0.481 e. The Labute approximate surface area is 237 Å². The number of rotatable bonds is 11. The Bertz CT molecular complexity index is 1240. The molecular weight excluding hydrogens is 534 g/mol. The Morgan fingerprint density at radius 2 is 2.00 bits per heavy atom. The summed E-state index contributed by atoms with van der Waals surface area (Å²) in [5, 5.41) is 15.2. The molecule has 0 aliphatic carbocycles. The first kappa shape index (κ1) is 29.9. The SMILES string of the molecule is CCOC(=O)N1CCNC(C)C1C(=O)[C@H](CCC(=O)O)NC(=O)c1cc(OC2CCOC2)nc(-c2ccccc2)n1. The number of aliphatic carboxylic acids is 1. The van der Waals surface area contributed by atoms with Gasteiger partial charge >= 0.3 is 12.1 Å². The number of amides is 2. The van der Waals surface area contributed by atoms with Gasteiger partial charge < -0.3 is 30.0 Å². The van der Waals surface area contributed by atoms with Crippen molar-refractivity contribution in [3.05, 3.63) is 42.1 Å². The third-order valence-corrected chi connectivity index (χ3v) is 6.86. The van der Waals surface area contributed by atoms with E-state index in [1.807, 2.05) is 18.2 Å². The van der Waals surface area contributed by atoms with Gasteiger partial charge in [-0.3, -0.25) is 19.3 Å². The molecule has 3 N–H and O–H groups in total. The average molecular weight is 570 g/mol. The fourth-order valence-corrected chi connectivity index (χ4v) is 4.83. The molecule has 0 spiro atoms. The summed E-state index contributed by atoms with van der Waals surface area (Å²) in [7, 11) is 0. The van der Waals surface area contributed by atoms with E-state index in [-0.39, 0.29) is 49.5 Å². The molecule has 2 amide bonds. The van der Waals surface area contributed by atoms with E-state index in [0.717, 1.165) is 0 Å². The standard InChI is InChI=1S/C28H35N5O8/c1-3-40-28(38)33-13-12-29-17(2)24(33)25(36)20(9-10-23(34)35)31-27(37)21-15-22(41-19-11-14-39-16-19)32-26(30-21)18-7-5-4-6-8-18/h4-8,15,17,19-20,24,29H,3,9-14,16H2,1-2H3,(H,31,37)(H,34,35)/t17?,19?,20-,24?/m0/s1. The number of ketones is 1. The van der Waals surface area contributed by atoms with Gasteiger partial charge in [0.05, 0.1) is 25.9 Å². The molecule has 3 heterocycles. The maximum atomic E-state index is 13.8. The zero-order chi connectivity index (χ0) is 29.4. The number of hydrogen-bond donors (Lipinski definition) is 3. The second kappa shape index (κ2) is 14.0. The lowest BCUT2D eigenvalue weighted by atomic mass is 9.93. The second-order valence-electron chi connectivity index (χ2n) is 9.83. The fourth-order valence-electron chi connectivity index (χ4n) is 4.83. The summed E-state index contributed by atoms with van der Waals surface area (Å²) in [6.45, 7) is 5.16. The lowest BCUT2D eigenvalue weighted by Gasteiger charge is -2.40. The fraction of sp³-hybridized carbons (Fsp3) is 0.500. The number of carboxylic acids is 1. The molecule has 2 aliphatic rings. The van der Waals surface area contributed by atoms with Crippen LogP contribution in [0.3, 0.4) is 0 Å². The van der Waals surface area contributed by atoms with E-state index in [0.29, 0.717) is 31.7 Å². The van der Waals surface area contributed by atoms with Gasteiger partial charge in [-0.2, -0.15) is 4.98 Å². The smallest absolute Gasteiger partial charge is 0.410 e. The number of hydrogen-bond acceptors (Lipinski definition) is 10. The van der Waals surface area contributed by atoms with E-state index in [1.165, 1.54) is 11.0 Å². The summed E-state index contributed by atoms with van der Waals surface area (Å²) in [5.74, 6) is -1.92.